The summed E-state index contributed by atoms with van der Waals surface area (Å²) in [6, 6.07) is 0. The Morgan fingerprint density at radius 1 is 1.20 bits per heavy atom. The van der Waals surface area contributed by atoms with Crippen LogP contribution in [0.2, 0.25) is 0 Å². The minimum Gasteiger partial charge on any atom is -0.463 e. The zero-order valence-electron chi connectivity index (χ0n) is 13.1. The van der Waals surface area contributed by atoms with E-state index in [1.54, 1.807) is 18.9 Å². The van der Waals surface area contributed by atoms with E-state index >= 15 is 0 Å². The fraction of sp³-hybridized carbons (Fsp3) is 0.733. The second-order valence-electron chi connectivity index (χ2n) is 6.01. The lowest BCUT2D eigenvalue weighted by molar-refractivity contribution is -0.202. The highest BCUT2D eigenvalue weighted by molar-refractivity contribution is 5.88. The molecule has 0 aromatic carbocycles. The van der Waals surface area contributed by atoms with E-state index in [-0.39, 0.29) is 11.9 Å². The van der Waals surface area contributed by atoms with E-state index in [1.165, 1.54) is 0 Å². The molecule has 1 heterocycles. The highest BCUT2D eigenvalue weighted by Crippen LogP contribution is 2.23. The van der Waals surface area contributed by atoms with Crippen molar-refractivity contribution >= 4 is 11.9 Å². The number of ether oxygens (including phenoxy) is 1. The van der Waals surface area contributed by atoms with E-state index in [2.05, 4.69) is 0 Å². The molecule has 1 aliphatic rings. The molecule has 5 nitrogen and oxygen atoms in total. The van der Waals surface area contributed by atoms with Gasteiger partial charge in [0.15, 0.2) is 0 Å². The van der Waals surface area contributed by atoms with Crippen molar-refractivity contribution in [3.63, 3.8) is 0 Å². The van der Waals surface area contributed by atoms with Crippen molar-refractivity contribution in [2.45, 2.75) is 47.5 Å². The van der Waals surface area contributed by atoms with Crippen molar-refractivity contribution in [1.82, 2.24) is 5.06 Å². The van der Waals surface area contributed by atoms with Gasteiger partial charge in [0.2, 0.25) is 0 Å². The first kappa shape index (κ1) is 16.7. The van der Waals surface area contributed by atoms with Crippen LogP contribution in [0.15, 0.2) is 11.1 Å². The minimum atomic E-state index is -0.503. The number of carbonyl (C=O) groups excluding carboxylic acids is 2. The molecule has 114 valence electrons. The van der Waals surface area contributed by atoms with Crippen LogP contribution in [-0.2, 0) is 19.2 Å². The first-order valence-corrected chi connectivity index (χ1v) is 7.08. The molecule has 0 aliphatic carbocycles. The van der Waals surface area contributed by atoms with Gasteiger partial charge < -0.3 is 9.57 Å². The molecule has 0 amide bonds. The van der Waals surface area contributed by atoms with Crippen molar-refractivity contribution < 1.29 is 19.2 Å². The topological polar surface area (TPSA) is 55.8 Å². The Morgan fingerprint density at radius 2 is 1.75 bits per heavy atom. The van der Waals surface area contributed by atoms with E-state index in [0.717, 1.165) is 18.4 Å². The molecule has 1 fully saturated rings. The number of piperidine rings is 1. The van der Waals surface area contributed by atoms with Crippen molar-refractivity contribution in [1.29, 1.82) is 0 Å². The van der Waals surface area contributed by atoms with Gasteiger partial charge in [0.25, 0.3) is 0 Å². The van der Waals surface area contributed by atoms with Gasteiger partial charge in [-0.15, -0.1) is 5.06 Å². The third kappa shape index (κ3) is 4.63. The van der Waals surface area contributed by atoms with Gasteiger partial charge >= 0.3 is 11.9 Å². The first-order valence-electron chi connectivity index (χ1n) is 7.08. The van der Waals surface area contributed by atoms with Gasteiger partial charge in [-0.2, -0.15) is 0 Å². The highest BCUT2D eigenvalue weighted by atomic mass is 16.7. The van der Waals surface area contributed by atoms with Crippen LogP contribution in [0.25, 0.3) is 0 Å². The van der Waals surface area contributed by atoms with Crippen LogP contribution in [0.5, 0.6) is 0 Å². The number of hydrogen-bond donors (Lipinski definition) is 0. The lowest BCUT2D eigenvalue weighted by Gasteiger charge is -2.29. The van der Waals surface area contributed by atoms with Crippen LogP contribution >= 0.6 is 0 Å². The molecule has 0 radical (unpaired) electrons. The van der Waals surface area contributed by atoms with Crippen molar-refractivity contribution in [2.75, 3.05) is 19.7 Å². The molecule has 0 aromatic rings. The van der Waals surface area contributed by atoms with Crippen LogP contribution < -0.4 is 0 Å². The van der Waals surface area contributed by atoms with Crippen LogP contribution in [0, 0.1) is 5.41 Å². The van der Waals surface area contributed by atoms with Crippen molar-refractivity contribution in [3.8, 4) is 0 Å². The Labute approximate surface area is 120 Å². The zero-order chi connectivity index (χ0) is 15.3. The zero-order valence-corrected chi connectivity index (χ0v) is 13.1. The second-order valence-corrected chi connectivity index (χ2v) is 6.01. The third-order valence-electron chi connectivity index (χ3n) is 3.26. The summed E-state index contributed by atoms with van der Waals surface area (Å²) in [5, 5.41) is 1.68. The molecule has 1 saturated heterocycles. The summed E-state index contributed by atoms with van der Waals surface area (Å²) in [5.74, 6) is -0.477. The Balaban J connectivity index is 2.54. The molecule has 0 spiro atoms. The summed E-state index contributed by atoms with van der Waals surface area (Å²) in [6.07, 6.45) is 1.45. The van der Waals surface area contributed by atoms with Crippen LogP contribution in [-0.4, -0.2) is 36.7 Å². The minimum absolute atomic E-state index is 0.230. The summed E-state index contributed by atoms with van der Waals surface area (Å²) in [7, 11) is 0. The third-order valence-corrected chi connectivity index (χ3v) is 3.26. The molecule has 5 heteroatoms. The van der Waals surface area contributed by atoms with Crippen LogP contribution in [0.4, 0.5) is 0 Å². The molecule has 20 heavy (non-hydrogen) atoms. The van der Waals surface area contributed by atoms with Gasteiger partial charge in [-0.1, -0.05) is 5.57 Å². The molecular formula is C15H25NO4. The van der Waals surface area contributed by atoms with E-state index in [9.17, 15) is 9.59 Å². The van der Waals surface area contributed by atoms with E-state index < -0.39 is 5.41 Å². The molecule has 0 aromatic heterocycles. The van der Waals surface area contributed by atoms with Crippen molar-refractivity contribution in [2.24, 2.45) is 5.41 Å². The molecule has 0 bridgehead atoms. The molecule has 1 aliphatic heterocycles. The Hall–Kier alpha value is -1.36. The number of rotatable bonds is 3. The molecular weight excluding hydrogens is 258 g/mol. The maximum absolute atomic E-state index is 11.8. The SMILES string of the molecule is CCOC(=O)C(C)=C1CCN(OC(=O)C(C)(C)C)CC1. The van der Waals surface area contributed by atoms with Gasteiger partial charge in [-0.25, -0.2) is 9.59 Å². The van der Waals surface area contributed by atoms with Crippen molar-refractivity contribution in [3.05, 3.63) is 11.1 Å². The average molecular weight is 283 g/mol. The van der Waals surface area contributed by atoms with E-state index in [1.807, 2.05) is 20.8 Å². The molecule has 0 unspecified atom stereocenters. The van der Waals surface area contributed by atoms with Gasteiger partial charge in [0, 0.05) is 18.7 Å². The van der Waals surface area contributed by atoms with E-state index in [4.69, 9.17) is 9.57 Å². The molecule has 0 saturated carbocycles. The lowest BCUT2D eigenvalue weighted by Crippen LogP contribution is -2.37. The fourth-order valence-electron chi connectivity index (χ4n) is 1.86. The second kappa shape index (κ2) is 6.88. The standard InChI is InChI=1S/C15H25NO4/c1-6-19-13(17)11(2)12-7-9-16(10-8-12)20-14(18)15(3,4)5/h6-10H2,1-5H3. The molecule has 0 N–H and O–H groups in total. The molecule has 0 atom stereocenters. The highest BCUT2D eigenvalue weighted by Gasteiger charge is 2.27. The largest absolute Gasteiger partial charge is 0.463 e. The number of nitrogens with zero attached hydrogens (tertiary/aromatic N) is 1. The first-order chi connectivity index (χ1) is 9.25. The smallest absolute Gasteiger partial charge is 0.333 e. The van der Waals surface area contributed by atoms with Gasteiger partial charge in [0.05, 0.1) is 12.0 Å². The van der Waals surface area contributed by atoms with E-state index in [0.29, 0.717) is 25.3 Å². The predicted octanol–water partition coefficient (Wildman–Crippen LogP) is 2.47. The number of hydrogen-bond acceptors (Lipinski definition) is 5. The summed E-state index contributed by atoms with van der Waals surface area (Å²) < 4.78 is 5.00. The van der Waals surface area contributed by atoms with Crippen LogP contribution in [0.3, 0.4) is 0 Å². The monoisotopic (exact) mass is 283 g/mol. The van der Waals surface area contributed by atoms with Gasteiger partial charge in [-0.05, 0) is 47.5 Å². The number of hydroxylamine groups is 2. The normalized spacial score (nSPS) is 16.8. The maximum atomic E-state index is 11.8. The number of carbonyl (C=O) groups is 2. The summed E-state index contributed by atoms with van der Waals surface area (Å²) in [4.78, 5) is 28.8. The Bertz CT molecular complexity index is 397. The predicted molar refractivity (Wildman–Crippen MR) is 75.7 cm³/mol. The lowest BCUT2D eigenvalue weighted by atomic mass is 9.97. The average Bonchev–Trinajstić information content (AvgIpc) is 2.38. The Morgan fingerprint density at radius 3 is 2.20 bits per heavy atom. The summed E-state index contributed by atoms with van der Waals surface area (Å²) in [6.45, 7) is 10.7. The van der Waals surface area contributed by atoms with Crippen LogP contribution in [0.1, 0.15) is 47.5 Å². The van der Waals surface area contributed by atoms with Gasteiger partial charge in [-0.3, -0.25) is 0 Å². The fourth-order valence-corrected chi connectivity index (χ4v) is 1.86. The quantitative estimate of drug-likeness (QED) is 0.588. The summed E-state index contributed by atoms with van der Waals surface area (Å²) in [5.41, 5.74) is 1.27. The number of esters is 1. The Kier molecular flexibility index (Phi) is 5.74. The summed E-state index contributed by atoms with van der Waals surface area (Å²) >= 11 is 0. The van der Waals surface area contributed by atoms with Gasteiger partial charge in [0.1, 0.15) is 0 Å². The molecule has 1 rings (SSSR count). The maximum Gasteiger partial charge on any atom is 0.333 e.